The normalized spacial score (nSPS) is 25.4. The van der Waals surface area contributed by atoms with Crippen LogP contribution < -0.4 is 5.32 Å². The number of rotatable bonds is 3. The molecule has 3 atom stereocenters. The van der Waals surface area contributed by atoms with Crippen molar-refractivity contribution < 1.29 is 18.0 Å². The third-order valence-corrected chi connectivity index (χ3v) is 4.79. The molecule has 1 amide bonds. The van der Waals surface area contributed by atoms with E-state index in [1.807, 2.05) is 0 Å². The average Bonchev–Trinajstić information content (AvgIpc) is 2.46. The molecule has 0 spiro atoms. The Kier molecular flexibility index (Phi) is 5.37. The van der Waals surface area contributed by atoms with Crippen LogP contribution in [0.5, 0.6) is 0 Å². The van der Waals surface area contributed by atoms with Crippen LogP contribution in [-0.4, -0.2) is 11.9 Å². The van der Waals surface area contributed by atoms with Crippen LogP contribution in [0.1, 0.15) is 56.0 Å². The molecule has 23 heavy (non-hydrogen) atoms. The van der Waals surface area contributed by atoms with E-state index in [1.54, 1.807) is 0 Å². The summed E-state index contributed by atoms with van der Waals surface area (Å²) in [5.41, 5.74) is -0.719. The lowest BCUT2D eigenvalue weighted by Crippen LogP contribution is -2.45. The SMILES string of the molecule is CC(C)[C@@H]1CC[C@H](C)C[C@H]1NC(=O)c1cccc(C(F)(F)F)c1. The van der Waals surface area contributed by atoms with Crippen molar-refractivity contribution in [2.75, 3.05) is 0 Å². The van der Waals surface area contributed by atoms with Crippen molar-refractivity contribution in [1.29, 1.82) is 0 Å². The highest BCUT2D eigenvalue weighted by Gasteiger charge is 2.33. The molecule has 0 saturated heterocycles. The van der Waals surface area contributed by atoms with Crippen molar-refractivity contribution in [2.45, 2.75) is 52.3 Å². The minimum atomic E-state index is -4.43. The quantitative estimate of drug-likeness (QED) is 0.841. The smallest absolute Gasteiger partial charge is 0.349 e. The number of carbonyl (C=O) groups excluding carboxylic acids is 1. The fraction of sp³-hybridized carbons (Fsp3) is 0.611. The molecule has 5 heteroatoms. The van der Waals surface area contributed by atoms with E-state index in [0.29, 0.717) is 17.8 Å². The highest BCUT2D eigenvalue weighted by Crippen LogP contribution is 2.34. The predicted molar refractivity (Wildman–Crippen MR) is 84.0 cm³/mol. The van der Waals surface area contributed by atoms with E-state index in [-0.39, 0.29) is 11.6 Å². The Hall–Kier alpha value is -1.52. The van der Waals surface area contributed by atoms with Gasteiger partial charge in [0.2, 0.25) is 0 Å². The molecule has 0 aliphatic heterocycles. The van der Waals surface area contributed by atoms with Crippen LogP contribution in [0, 0.1) is 17.8 Å². The van der Waals surface area contributed by atoms with Crippen LogP contribution in [0.4, 0.5) is 13.2 Å². The molecule has 0 heterocycles. The summed E-state index contributed by atoms with van der Waals surface area (Å²) < 4.78 is 38.3. The lowest BCUT2D eigenvalue weighted by molar-refractivity contribution is -0.137. The van der Waals surface area contributed by atoms with Crippen LogP contribution in [0.15, 0.2) is 24.3 Å². The molecular weight excluding hydrogens is 303 g/mol. The molecular formula is C18H24F3NO. The summed E-state index contributed by atoms with van der Waals surface area (Å²) in [4.78, 5) is 12.4. The fourth-order valence-electron chi connectivity index (χ4n) is 3.46. The molecule has 1 N–H and O–H groups in total. The topological polar surface area (TPSA) is 29.1 Å². The Labute approximate surface area is 135 Å². The number of nitrogens with one attached hydrogen (secondary N) is 1. The molecule has 2 nitrogen and oxygen atoms in total. The van der Waals surface area contributed by atoms with Crippen molar-refractivity contribution in [3.8, 4) is 0 Å². The first-order valence-corrected chi connectivity index (χ1v) is 8.16. The van der Waals surface area contributed by atoms with Gasteiger partial charge >= 0.3 is 6.18 Å². The van der Waals surface area contributed by atoms with Crippen molar-refractivity contribution in [3.63, 3.8) is 0 Å². The van der Waals surface area contributed by atoms with Gasteiger partial charge in [0.1, 0.15) is 0 Å². The van der Waals surface area contributed by atoms with Gasteiger partial charge in [0.15, 0.2) is 0 Å². The number of halogens is 3. The lowest BCUT2D eigenvalue weighted by Gasteiger charge is -2.37. The van der Waals surface area contributed by atoms with E-state index < -0.39 is 17.6 Å². The van der Waals surface area contributed by atoms with E-state index in [0.717, 1.165) is 31.4 Å². The average molecular weight is 327 g/mol. The standard InChI is InChI=1S/C18H24F3NO/c1-11(2)15-8-7-12(3)9-16(15)22-17(23)13-5-4-6-14(10-13)18(19,20)21/h4-6,10-12,15-16H,7-9H2,1-3H3,(H,22,23)/t12-,15-,16+/m0/s1. The molecule has 0 unspecified atom stereocenters. The van der Waals surface area contributed by atoms with E-state index in [9.17, 15) is 18.0 Å². The second-order valence-corrected chi connectivity index (χ2v) is 6.98. The fourth-order valence-corrected chi connectivity index (χ4v) is 3.46. The largest absolute Gasteiger partial charge is 0.416 e. The minimum absolute atomic E-state index is 0.0285. The Balaban J connectivity index is 2.14. The first-order valence-electron chi connectivity index (χ1n) is 8.16. The number of amides is 1. The Morgan fingerprint density at radius 3 is 2.57 bits per heavy atom. The number of hydrogen-bond acceptors (Lipinski definition) is 1. The third-order valence-electron chi connectivity index (χ3n) is 4.79. The predicted octanol–water partition coefficient (Wildman–Crippen LogP) is 4.90. The van der Waals surface area contributed by atoms with Gasteiger partial charge < -0.3 is 5.32 Å². The second-order valence-electron chi connectivity index (χ2n) is 6.98. The highest BCUT2D eigenvalue weighted by atomic mass is 19.4. The Morgan fingerprint density at radius 2 is 1.96 bits per heavy atom. The number of carbonyl (C=O) groups is 1. The molecule has 1 fully saturated rings. The van der Waals surface area contributed by atoms with Gasteiger partial charge in [-0.15, -0.1) is 0 Å². The number of benzene rings is 1. The maximum atomic E-state index is 12.8. The van der Waals surface area contributed by atoms with Gasteiger partial charge in [-0.05, 0) is 48.8 Å². The first kappa shape index (κ1) is 17.8. The molecule has 0 aromatic heterocycles. The summed E-state index contributed by atoms with van der Waals surface area (Å²) >= 11 is 0. The van der Waals surface area contributed by atoms with Crippen LogP contribution in [0.3, 0.4) is 0 Å². The molecule has 0 bridgehead atoms. The zero-order valence-electron chi connectivity index (χ0n) is 13.8. The van der Waals surface area contributed by atoms with Gasteiger partial charge in [0, 0.05) is 11.6 Å². The Morgan fingerprint density at radius 1 is 1.26 bits per heavy atom. The van der Waals surface area contributed by atoms with Crippen LogP contribution >= 0.6 is 0 Å². The van der Waals surface area contributed by atoms with E-state index in [2.05, 4.69) is 26.1 Å². The van der Waals surface area contributed by atoms with Gasteiger partial charge in [-0.25, -0.2) is 0 Å². The third kappa shape index (κ3) is 4.49. The summed E-state index contributed by atoms with van der Waals surface area (Å²) in [6.07, 6.45) is -1.37. The molecule has 1 aromatic rings. The van der Waals surface area contributed by atoms with Crippen LogP contribution in [0.2, 0.25) is 0 Å². The summed E-state index contributed by atoms with van der Waals surface area (Å²) in [7, 11) is 0. The van der Waals surface area contributed by atoms with Crippen LogP contribution in [0.25, 0.3) is 0 Å². The Bertz CT molecular complexity index is 553. The molecule has 128 valence electrons. The van der Waals surface area contributed by atoms with E-state index in [1.165, 1.54) is 12.1 Å². The molecule has 1 aliphatic rings. The summed E-state index contributed by atoms with van der Waals surface area (Å²) in [5.74, 6) is 0.924. The zero-order chi connectivity index (χ0) is 17.2. The second kappa shape index (κ2) is 6.93. The number of alkyl halides is 3. The summed E-state index contributed by atoms with van der Waals surface area (Å²) in [5, 5.41) is 2.97. The lowest BCUT2D eigenvalue weighted by atomic mass is 9.74. The molecule has 1 aliphatic carbocycles. The molecule has 1 saturated carbocycles. The van der Waals surface area contributed by atoms with Gasteiger partial charge in [-0.1, -0.05) is 33.3 Å². The van der Waals surface area contributed by atoms with E-state index in [4.69, 9.17) is 0 Å². The monoisotopic (exact) mass is 327 g/mol. The van der Waals surface area contributed by atoms with Gasteiger partial charge in [-0.3, -0.25) is 4.79 Å². The zero-order valence-corrected chi connectivity index (χ0v) is 13.8. The van der Waals surface area contributed by atoms with Gasteiger partial charge in [0.05, 0.1) is 5.56 Å². The van der Waals surface area contributed by atoms with Crippen molar-refractivity contribution in [3.05, 3.63) is 35.4 Å². The van der Waals surface area contributed by atoms with Crippen molar-refractivity contribution in [1.82, 2.24) is 5.32 Å². The highest BCUT2D eigenvalue weighted by molar-refractivity contribution is 5.94. The van der Waals surface area contributed by atoms with Crippen LogP contribution in [-0.2, 0) is 6.18 Å². The van der Waals surface area contributed by atoms with Crippen molar-refractivity contribution in [2.24, 2.45) is 17.8 Å². The minimum Gasteiger partial charge on any atom is -0.349 e. The molecule has 0 radical (unpaired) electrons. The van der Waals surface area contributed by atoms with Gasteiger partial charge in [-0.2, -0.15) is 13.2 Å². The van der Waals surface area contributed by atoms with Gasteiger partial charge in [0.25, 0.3) is 5.91 Å². The molecule has 2 rings (SSSR count). The first-order chi connectivity index (χ1) is 10.7. The maximum absolute atomic E-state index is 12.8. The van der Waals surface area contributed by atoms with E-state index >= 15 is 0 Å². The van der Waals surface area contributed by atoms with Crippen molar-refractivity contribution >= 4 is 5.91 Å². The maximum Gasteiger partial charge on any atom is 0.416 e. The number of hydrogen-bond donors (Lipinski definition) is 1. The molecule has 1 aromatic carbocycles. The summed E-state index contributed by atoms with van der Waals surface area (Å²) in [6.45, 7) is 6.41. The summed E-state index contributed by atoms with van der Waals surface area (Å²) in [6, 6.07) is 4.64.